The Balaban J connectivity index is 1.51. The first-order valence-corrected chi connectivity index (χ1v) is 8.80. The molecule has 0 unspecified atom stereocenters. The smallest absolute Gasteiger partial charge is 0.306 e. The van der Waals surface area contributed by atoms with Gasteiger partial charge in [-0.05, 0) is 54.9 Å². The topological polar surface area (TPSA) is 66.4 Å². The van der Waals surface area contributed by atoms with Gasteiger partial charge in [0.15, 0.2) is 0 Å². The Morgan fingerprint density at radius 2 is 1.48 bits per heavy atom. The average molecular weight is 337 g/mol. The van der Waals surface area contributed by atoms with Crippen LogP contribution in [0.1, 0.15) is 36.0 Å². The van der Waals surface area contributed by atoms with E-state index in [1.165, 1.54) is 0 Å². The molecule has 0 aromatic heterocycles. The van der Waals surface area contributed by atoms with Crippen molar-refractivity contribution in [2.45, 2.75) is 25.7 Å². The summed E-state index contributed by atoms with van der Waals surface area (Å²) in [6, 6.07) is 17.7. The molecule has 0 bridgehead atoms. The summed E-state index contributed by atoms with van der Waals surface area (Å²) in [4.78, 5) is 23.3. The number of hydrogen-bond acceptors (Lipinski definition) is 2. The largest absolute Gasteiger partial charge is 0.481 e. The zero-order valence-corrected chi connectivity index (χ0v) is 14.2. The average Bonchev–Trinajstić information content (AvgIpc) is 2.67. The van der Waals surface area contributed by atoms with E-state index in [0.717, 1.165) is 24.0 Å². The van der Waals surface area contributed by atoms with Crippen molar-refractivity contribution >= 4 is 11.9 Å². The Morgan fingerprint density at radius 3 is 2.08 bits per heavy atom. The van der Waals surface area contributed by atoms with E-state index >= 15 is 0 Å². The number of carboxylic acids is 1. The molecule has 4 heteroatoms. The van der Waals surface area contributed by atoms with Crippen molar-refractivity contribution in [3.05, 3.63) is 60.2 Å². The predicted octanol–water partition coefficient (Wildman–Crippen LogP) is 3.97. The maximum atomic E-state index is 12.3. The van der Waals surface area contributed by atoms with Gasteiger partial charge >= 0.3 is 5.97 Å². The van der Waals surface area contributed by atoms with Gasteiger partial charge in [0.1, 0.15) is 0 Å². The molecule has 1 saturated carbocycles. The zero-order valence-electron chi connectivity index (χ0n) is 14.2. The lowest BCUT2D eigenvalue weighted by Crippen LogP contribution is -2.32. The lowest BCUT2D eigenvalue weighted by Gasteiger charge is -2.26. The second kappa shape index (κ2) is 7.97. The van der Waals surface area contributed by atoms with Crippen LogP contribution in [0.25, 0.3) is 11.1 Å². The van der Waals surface area contributed by atoms with Crippen LogP contribution in [0, 0.1) is 11.8 Å². The lowest BCUT2D eigenvalue weighted by atomic mass is 9.82. The van der Waals surface area contributed by atoms with E-state index in [9.17, 15) is 9.59 Å². The summed E-state index contributed by atoms with van der Waals surface area (Å²) in [7, 11) is 0. The molecule has 25 heavy (non-hydrogen) atoms. The second-order valence-electron chi connectivity index (χ2n) is 6.71. The van der Waals surface area contributed by atoms with Gasteiger partial charge in [0.25, 0.3) is 5.91 Å². The fourth-order valence-electron chi connectivity index (χ4n) is 3.40. The molecule has 0 heterocycles. The normalized spacial score (nSPS) is 20.0. The summed E-state index contributed by atoms with van der Waals surface area (Å²) < 4.78 is 0. The fraction of sp³-hybridized carbons (Fsp3) is 0.333. The maximum Gasteiger partial charge on any atom is 0.306 e. The molecule has 1 fully saturated rings. The third-order valence-corrected chi connectivity index (χ3v) is 5.00. The molecular weight excluding hydrogens is 314 g/mol. The van der Waals surface area contributed by atoms with E-state index in [0.29, 0.717) is 30.9 Å². The highest BCUT2D eigenvalue weighted by Crippen LogP contribution is 2.28. The summed E-state index contributed by atoms with van der Waals surface area (Å²) in [5, 5.41) is 12.0. The van der Waals surface area contributed by atoms with Crippen molar-refractivity contribution in [3.63, 3.8) is 0 Å². The molecule has 1 aliphatic rings. The quantitative estimate of drug-likeness (QED) is 0.867. The molecule has 2 aromatic rings. The van der Waals surface area contributed by atoms with Gasteiger partial charge in [0.2, 0.25) is 0 Å². The summed E-state index contributed by atoms with van der Waals surface area (Å²) in [6.07, 6.45) is 3.15. The van der Waals surface area contributed by atoms with Crippen LogP contribution < -0.4 is 5.32 Å². The fourth-order valence-corrected chi connectivity index (χ4v) is 3.40. The van der Waals surface area contributed by atoms with Crippen LogP contribution in [0.15, 0.2) is 54.6 Å². The Kier molecular flexibility index (Phi) is 5.49. The van der Waals surface area contributed by atoms with Gasteiger partial charge in [-0.2, -0.15) is 0 Å². The number of amides is 1. The van der Waals surface area contributed by atoms with Crippen molar-refractivity contribution in [3.8, 4) is 11.1 Å². The van der Waals surface area contributed by atoms with Crippen LogP contribution in [0.2, 0.25) is 0 Å². The number of benzene rings is 2. The molecular formula is C21H23NO3. The molecule has 4 nitrogen and oxygen atoms in total. The number of aliphatic carboxylic acids is 1. The first kappa shape index (κ1) is 17.2. The van der Waals surface area contributed by atoms with Gasteiger partial charge in [-0.3, -0.25) is 9.59 Å². The summed E-state index contributed by atoms with van der Waals surface area (Å²) in [5.41, 5.74) is 2.87. The number of hydrogen-bond donors (Lipinski definition) is 2. The van der Waals surface area contributed by atoms with E-state index in [4.69, 9.17) is 5.11 Å². The Hall–Kier alpha value is -2.62. The molecule has 1 amide bonds. The number of rotatable bonds is 5. The van der Waals surface area contributed by atoms with Crippen molar-refractivity contribution in [1.82, 2.24) is 5.32 Å². The Morgan fingerprint density at radius 1 is 0.880 bits per heavy atom. The van der Waals surface area contributed by atoms with Gasteiger partial charge in [-0.1, -0.05) is 42.5 Å². The summed E-state index contributed by atoms with van der Waals surface area (Å²) in [5.74, 6) is -0.596. The molecule has 3 rings (SSSR count). The molecule has 2 N–H and O–H groups in total. The van der Waals surface area contributed by atoms with E-state index in [-0.39, 0.29) is 11.8 Å². The van der Waals surface area contributed by atoms with E-state index < -0.39 is 5.97 Å². The van der Waals surface area contributed by atoms with Crippen LogP contribution in [0.3, 0.4) is 0 Å². The molecule has 0 atom stereocenters. The third kappa shape index (κ3) is 4.47. The van der Waals surface area contributed by atoms with Crippen LogP contribution in [-0.2, 0) is 4.79 Å². The predicted molar refractivity (Wildman–Crippen MR) is 97.3 cm³/mol. The van der Waals surface area contributed by atoms with Crippen LogP contribution in [0.5, 0.6) is 0 Å². The Bertz CT molecular complexity index is 717. The minimum absolute atomic E-state index is 0.0695. The third-order valence-electron chi connectivity index (χ3n) is 5.00. The number of carboxylic acid groups (broad SMARTS) is 1. The van der Waals surface area contributed by atoms with Crippen LogP contribution >= 0.6 is 0 Å². The van der Waals surface area contributed by atoms with E-state index in [1.54, 1.807) is 0 Å². The maximum absolute atomic E-state index is 12.3. The lowest BCUT2D eigenvalue weighted by molar-refractivity contribution is -0.143. The number of carbonyl (C=O) groups excluding carboxylic acids is 1. The van der Waals surface area contributed by atoms with Crippen molar-refractivity contribution < 1.29 is 14.7 Å². The molecule has 0 radical (unpaired) electrons. The minimum Gasteiger partial charge on any atom is -0.481 e. The molecule has 130 valence electrons. The Labute approximate surface area is 147 Å². The monoisotopic (exact) mass is 337 g/mol. The van der Waals surface area contributed by atoms with Gasteiger partial charge < -0.3 is 10.4 Å². The first-order valence-electron chi connectivity index (χ1n) is 8.80. The highest BCUT2D eigenvalue weighted by Gasteiger charge is 2.26. The van der Waals surface area contributed by atoms with Crippen LogP contribution in [0.4, 0.5) is 0 Å². The van der Waals surface area contributed by atoms with Gasteiger partial charge in [-0.25, -0.2) is 0 Å². The molecule has 0 aliphatic heterocycles. The standard InChI is InChI=1S/C21H23NO3/c23-20(22-14-15-6-8-19(9-7-15)21(24)25)18-12-10-17(11-13-18)16-4-2-1-3-5-16/h1-5,10-13,15,19H,6-9,14H2,(H,22,23)(H,24,25). The van der Waals surface area contributed by atoms with Crippen LogP contribution in [-0.4, -0.2) is 23.5 Å². The zero-order chi connectivity index (χ0) is 17.6. The molecule has 2 aromatic carbocycles. The summed E-state index contributed by atoms with van der Waals surface area (Å²) in [6.45, 7) is 0.617. The van der Waals surface area contributed by atoms with E-state index in [2.05, 4.69) is 5.32 Å². The summed E-state index contributed by atoms with van der Waals surface area (Å²) >= 11 is 0. The molecule has 0 spiro atoms. The number of carbonyl (C=O) groups is 2. The molecule has 0 saturated heterocycles. The van der Waals surface area contributed by atoms with Crippen molar-refractivity contribution in [2.75, 3.05) is 6.54 Å². The second-order valence-corrected chi connectivity index (χ2v) is 6.71. The SMILES string of the molecule is O=C(NCC1CCC(C(=O)O)CC1)c1ccc(-c2ccccc2)cc1. The minimum atomic E-state index is -0.694. The van der Waals surface area contributed by atoms with Gasteiger partial charge in [0, 0.05) is 12.1 Å². The number of nitrogens with one attached hydrogen (secondary N) is 1. The van der Waals surface area contributed by atoms with Crippen molar-refractivity contribution in [1.29, 1.82) is 0 Å². The van der Waals surface area contributed by atoms with Gasteiger partial charge in [0.05, 0.1) is 5.92 Å². The highest BCUT2D eigenvalue weighted by molar-refractivity contribution is 5.94. The van der Waals surface area contributed by atoms with Gasteiger partial charge in [-0.15, -0.1) is 0 Å². The first-order chi connectivity index (χ1) is 12.1. The van der Waals surface area contributed by atoms with Crippen molar-refractivity contribution in [2.24, 2.45) is 11.8 Å². The van der Waals surface area contributed by atoms with E-state index in [1.807, 2.05) is 54.6 Å². The highest BCUT2D eigenvalue weighted by atomic mass is 16.4. The molecule has 1 aliphatic carbocycles.